The number of hydrogen-bond acceptors (Lipinski definition) is 4. The molecule has 0 aromatic heterocycles. The van der Waals surface area contributed by atoms with Crippen LogP contribution in [0.4, 0.5) is 32.0 Å². The van der Waals surface area contributed by atoms with Gasteiger partial charge in [-0.15, -0.1) is 0 Å². The van der Waals surface area contributed by atoms with Gasteiger partial charge in [0.15, 0.2) is 0 Å². The maximum atomic E-state index is 13.0. The molecule has 0 bridgehead atoms. The Hall–Kier alpha value is -3.02. The van der Waals surface area contributed by atoms with E-state index < -0.39 is 50.1 Å². The lowest BCUT2D eigenvalue weighted by molar-refractivity contribution is -0.143. The summed E-state index contributed by atoms with van der Waals surface area (Å²) in [7, 11) is -4.93. The van der Waals surface area contributed by atoms with Crippen LogP contribution in [-0.4, -0.2) is 21.0 Å². The number of hydrogen-bond donors (Lipinski definition) is 1. The molecule has 0 saturated heterocycles. The highest BCUT2D eigenvalue weighted by Gasteiger charge is 2.38. The van der Waals surface area contributed by atoms with E-state index in [0.717, 1.165) is 12.1 Å². The summed E-state index contributed by atoms with van der Waals surface area (Å²) in [6.45, 7) is 3.13. The molecule has 30 heavy (non-hydrogen) atoms. The van der Waals surface area contributed by atoms with E-state index in [-0.39, 0.29) is 30.4 Å². The second kappa shape index (κ2) is 8.38. The van der Waals surface area contributed by atoms with Crippen molar-refractivity contribution in [2.75, 3.05) is 11.3 Å². The van der Waals surface area contributed by atoms with Crippen LogP contribution in [0.2, 0.25) is 0 Å². The fraction of sp³-hybridized carbons (Fsp3) is 0.167. The molecule has 0 radical (unpaired) electrons. The van der Waals surface area contributed by atoms with Crippen LogP contribution in [0.25, 0.3) is 0 Å². The Labute approximate surface area is 167 Å². The summed E-state index contributed by atoms with van der Waals surface area (Å²) in [4.78, 5) is 10.7. The monoisotopic (exact) mass is 453 g/mol. The molecule has 0 aliphatic heterocycles. The number of carbonyl (C=O) groups excluding carboxylic acids is 1. The highest BCUT2D eigenvalue weighted by atomic mass is 32.2. The number of anilines is 1. The Bertz CT molecular complexity index is 1030. The number of benzene rings is 2. The van der Waals surface area contributed by atoms with Crippen LogP contribution in [0, 0.1) is 0 Å². The molecule has 2 rings (SSSR count). The van der Waals surface area contributed by atoms with Crippen LogP contribution < -0.4 is 4.72 Å². The Kier molecular flexibility index (Phi) is 6.50. The maximum absolute atomic E-state index is 13.0. The molecule has 12 heteroatoms. The number of halogens is 6. The molecule has 1 N–H and O–H groups in total. The van der Waals surface area contributed by atoms with Gasteiger partial charge in [0.25, 0.3) is 10.0 Å². The average Bonchev–Trinajstić information content (AvgIpc) is 2.64. The topological polar surface area (TPSA) is 72.5 Å². The number of sulfonamides is 1. The largest absolute Gasteiger partial charge is 0.458 e. The van der Waals surface area contributed by atoms with Crippen molar-refractivity contribution in [3.05, 3.63) is 71.8 Å². The quantitative estimate of drug-likeness (QED) is 0.385. The summed E-state index contributed by atoms with van der Waals surface area (Å²) in [5.74, 6) is -0.978. The second-order valence-electron chi connectivity index (χ2n) is 5.78. The van der Waals surface area contributed by atoms with Crippen molar-refractivity contribution in [1.82, 2.24) is 0 Å². The fourth-order valence-corrected chi connectivity index (χ4v) is 3.40. The average molecular weight is 453 g/mol. The first kappa shape index (κ1) is 23.3. The zero-order chi connectivity index (χ0) is 22.7. The lowest BCUT2D eigenvalue weighted by atomic mass is 10.1. The summed E-state index contributed by atoms with van der Waals surface area (Å²) >= 11 is 0. The predicted octanol–water partition coefficient (Wildman–Crippen LogP) is 4.87. The molecule has 162 valence electrons. The van der Waals surface area contributed by atoms with E-state index in [9.17, 15) is 39.6 Å². The Morgan fingerprint density at radius 3 is 2.03 bits per heavy atom. The molecular formula is C18H13F6NO4S. The summed E-state index contributed by atoms with van der Waals surface area (Å²) in [6, 6.07) is 4.85. The molecule has 0 fully saturated rings. The van der Waals surface area contributed by atoms with Gasteiger partial charge in [0.1, 0.15) is 6.61 Å². The SMILES string of the molecule is C=CCOC(=O)c1ccccc1NS(=O)(=O)c1cc(C(F)(F)F)cc(C(F)(F)F)c1. The Balaban J connectivity index is 2.53. The predicted molar refractivity (Wildman–Crippen MR) is 94.2 cm³/mol. The van der Waals surface area contributed by atoms with Crippen LogP contribution in [0.3, 0.4) is 0 Å². The van der Waals surface area contributed by atoms with Crippen molar-refractivity contribution >= 4 is 21.7 Å². The van der Waals surface area contributed by atoms with Crippen molar-refractivity contribution in [3.63, 3.8) is 0 Å². The first-order valence-electron chi connectivity index (χ1n) is 7.95. The van der Waals surface area contributed by atoms with Crippen molar-refractivity contribution in [1.29, 1.82) is 0 Å². The van der Waals surface area contributed by atoms with E-state index in [2.05, 4.69) is 6.58 Å². The van der Waals surface area contributed by atoms with Crippen LogP contribution in [-0.2, 0) is 27.1 Å². The number of para-hydroxylation sites is 1. The summed E-state index contributed by atoms with van der Waals surface area (Å²) < 4.78 is 110. The number of esters is 1. The highest BCUT2D eigenvalue weighted by Crippen LogP contribution is 2.37. The first-order chi connectivity index (χ1) is 13.8. The molecule has 0 aliphatic carbocycles. The standard InChI is InChI=1S/C18H13F6NO4S/c1-2-7-29-16(26)14-5-3-4-6-15(14)25-30(27,28)13-9-11(17(19,20)21)8-12(10-13)18(22,23)24/h2-6,8-10,25H,1,7H2. The van der Waals surface area contributed by atoms with Crippen molar-refractivity contribution in [2.24, 2.45) is 0 Å². The van der Waals surface area contributed by atoms with Gasteiger partial charge in [-0.2, -0.15) is 26.3 Å². The maximum Gasteiger partial charge on any atom is 0.416 e. The van der Waals surface area contributed by atoms with Gasteiger partial charge in [-0.05, 0) is 30.3 Å². The number of ether oxygens (including phenoxy) is 1. The van der Waals surface area contributed by atoms with E-state index in [1.807, 2.05) is 4.72 Å². The van der Waals surface area contributed by atoms with Gasteiger partial charge < -0.3 is 4.74 Å². The minimum atomic E-state index is -5.22. The minimum absolute atomic E-state index is 0.0657. The van der Waals surface area contributed by atoms with Gasteiger partial charge in [-0.1, -0.05) is 24.8 Å². The minimum Gasteiger partial charge on any atom is -0.458 e. The van der Waals surface area contributed by atoms with Gasteiger partial charge in [-0.3, -0.25) is 4.72 Å². The molecule has 2 aromatic rings. The molecule has 0 heterocycles. The zero-order valence-electron chi connectivity index (χ0n) is 14.8. The van der Waals surface area contributed by atoms with Crippen molar-refractivity contribution in [2.45, 2.75) is 17.2 Å². The first-order valence-corrected chi connectivity index (χ1v) is 9.43. The summed E-state index contributed by atoms with van der Waals surface area (Å²) in [5.41, 5.74) is -4.28. The van der Waals surface area contributed by atoms with E-state index in [1.165, 1.54) is 18.2 Å². The lowest BCUT2D eigenvalue weighted by Gasteiger charge is -2.16. The zero-order valence-corrected chi connectivity index (χ0v) is 15.7. The molecule has 0 spiro atoms. The number of rotatable bonds is 6. The molecule has 5 nitrogen and oxygen atoms in total. The van der Waals surface area contributed by atoms with E-state index in [1.54, 1.807) is 0 Å². The third-order valence-corrected chi connectivity index (χ3v) is 4.94. The number of carbonyl (C=O) groups is 1. The lowest BCUT2D eigenvalue weighted by Crippen LogP contribution is -2.19. The third-order valence-electron chi connectivity index (χ3n) is 3.60. The van der Waals surface area contributed by atoms with Crippen LogP contribution in [0.15, 0.2) is 60.0 Å². The Morgan fingerprint density at radius 1 is 1.00 bits per heavy atom. The Morgan fingerprint density at radius 2 is 1.53 bits per heavy atom. The smallest absolute Gasteiger partial charge is 0.416 e. The number of nitrogens with one attached hydrogen (secondary N) is 1. The van der Waals surface area contributed by atoms with Crippen LogP contribution in [0.1, 0.15) is 21.5 Å². The molecular weight excluding hydrogens is 440 g/mol. The van der Waals surface area contributed by atoms with Crippen LogP contribution in [0.5, 0.6) is 0 Å². The summed E-state index contributed by atoms with van der Waals surface area (Å²) in [5, 5.41) is 0. The highest BCUT2D eigenvalue weighted by molar-refractivity contribution is 7.92. The number of alkyl halides is 6. The molecule has 0 aliphatic rings. The van der Waals surface area contributed by atoms with Gasteiger partial charge in [0.2, 0.25) is 0 Å². The molecule has 0 atom stereocenters. The van der Waals surface area contributed by atoms with Gasteiger partial charge in [0.05, 0.1) is 27.3 Å². The molecule has 0 amide bonds. The molecule has 2 aromatic carbocycles. The molecule has 0 unspecified atom stereocenters. The van der Waals surface area contributed by atoms with Crippen LogP contribution >= 0.6 is 0 Å². The fourth-order valence-electron chi connectivity index (χ4n) is 2.25. The van der Waals surface area contributed by atoms with Gasteiger partial charge >= 0.3 is 18.3 Å². The van der Waals surface area contributed by atoms with E-state index >= 15 is 0 Å². The van der Waals surface area contributed by atoms with Crippen molar-refractivity contribution in [3.8, 4) is 0 Å². The van der Waals surface area contributed by atoms with E-state index in [4.69, 9.17) is 4.74 Å². The van der Waals surface area contributed by atoms with Gasteiger partial charge in [-0.25, -0.2) is 13.2 Å². The normalized spacial score (nSPS) is 12.3. The second-order valence-corrected chi connectivity index (χ2v) is 7.46. The summed E-state index contributed by atoms with van der Waals surface area (Å²) in [6.07, 6.45) is -9.21. The van der Waals surface area contributed by atoms with Crippen molar-refractivity contribution < 1.29 is 44.3 Å². The third kappa shape index (κ3) is 5.53. The molecule has 0 saturated carbocycles. The van der Waals surface area contributed by atoms with E-state index in [0.29, 0.717) is 0 Å². The van der Waals surface area contributed by atoms with Gasteiger partial charge in [0, 0.05) is 0 Å².